The lowest BCUT2D eigenvalue weighted by atomic mass is 9.74. The Kier molecular flexibility index (Phi) is 3.89. The van der Waals surface area contributed by atoms with Gasteiger partial charge in [-0.25, -0.2) is 0 Å². The van der Waals surface area contributed by atoms with Crippen LogP contribution in [0.15, 0.2) is 23.0 Å². The van der Waals surface area contributed by atoms with Crippen LogP contribution >= 0.6 is 0 Å². The van der Waals surface area contributed by atoms with Crippen LogP contribution < -0.4 is 5.73 Å². The van der Waals surface area contributed by atoms with Gasteiger partial charge < -0.3 is 14.9 Å². The molecule has 1 unspecified atom stereocenters. The molecule has 3 nitrogen and oxygen atoms in total. The third kappa shape index (κ3) is 2.72. The summed E-state index contributed by atoms with van der Waals surface area (Å²) in [5, 5.41) is 0. The first kappa shape index (κ1) is 12.7. The third-order valence-electron chi connectivity index (χ3n) is 4.24. The number of methoxy groups -OCH3 is 1. The lowest BCUT2D eigenvalue weighted by molar-refractivity contribution is -0.0659. The zero-order chi connectivity index (χ0) is 12.3. The molecule has 0 saturated heterocycles. The summed E-state index contributed by atoms with van der Waals surface area (Å²) in [6, 6.07) is 2.03. The highest BCUT2D eigenvalue weighted by Crippen LogP contribution is 2.37. The van der Waals surface area contributed by atoms with Crippen molar-refractivity contribution in [1.82, 2.24) is 0 Å². The van der Waals surface area contributed by atoms with Gasteiger partial charge in [-0.15, -0.1) is 0 Å². The lowest BCUT2D eigenvalue weighted by Crippen LogP contribution is -2.52. The summed E-state index contributed by atoms with van der Waals surface area (Å²) in [6.07, 6.45) is 8.88. The SMILES string of the molecule is COC1(C(N)Cc2ccoc2)CCC(C)CC1. The average molecular weight is 237 g/mol. The van der Waals surface area contributed by atoms with Crippen LogP contribution in [-0.2, 0) is 11.2 Å². The molecule has 1 fully saturated rings. The number of hydrogen-bond acceptors (Lipinski definition) is 3. The van der Waals surface area contributed by atoms with E-state index in [1.54, 1.807) is 19.6 Å². The largest absolute Gasteiger partial charge is 0.472 e. The van der Waals surface area contributed by atoms with E-state index in [1.807, 2.05) is 6.07 Å². The van der Waals surface area contributed by atoms with E-state index >= 15 is 0 Å². The molecule has 0 bridgehead atoms. The molecule has 1 heterocycles. The summed E-state index contributed by atoms with van der Waals surface area (Å²) < 4.78 is 10.9. The fraction of sp³-hybridized carbons (Fsp3) is 0.714. The molecule has 0 aromatic carbocycles. The van der Waals surface area contributed by atoms with Crippen molar-refractivity contribution in [2.45, 2.75) is 50.7 Å². The number of rotatable bonds is 4. The van der Waals surface area contributed by atoms with Gasteiger partial charge in [0.1, 0.15) is 0 Å². The Bertz CT molecular complexity index is 326. The van der Waals surface area contributed by atoms with Crippen molar-refractivity contribution >= 4 is 0 Å². The van der Waals surface area contributed by atoms with Crippen molar-refractivity contribution < 1.29 is 9.15 Å². The van der Waals surface area contributed by atoms with E-state index < -0.39 is 0 Å². The molecule has 96 valence electrons. The van der Waals surface area contributed by atoms with E-state index in [0.29, 0.717) is 0 Å². The van der Waals surface area contributed by atoms with Crippen molar-refractivity contribution in [3.05, 3.63) is 24.2 Å². The highest BCUT2D eigenvalue weighted by Gasteiger charge is 2.39. The summed E-state index contributed by atoms with van der Waals surface area (Å²) >= 11 is 0. The van der Waals surface area contributed by atoms with Gasteiger partial charge in [-0.1, -0.05) is 6.92 Å². The van der Waals surface area contributed by atoms with Gasteiger partial charge in [-0.3, -0.25) is 0 Å². The highest BCUT2D eigenvalue weighted by atomic mass is 16.5. The number of hydrogen-bond donors (Lipinski definition) is 1. The molecule has 0 aliphatic heterocycles. The topological polar surface area (TPSA) is 48.4 Å². The standard InChI is InChI=1S/C14H23NO2/c1-11-3-6-14(16-2,7-4-11)13(15)9-12-5-8-17-10-12/h5,8,10-11,13H,3-4,6-7,9,15H2,1-2H3. The molecule has 0 amide bonds. The predicted molar refractivity (Wildman–Crippen MR) is 67.8 cm³/mol. The van der Waals surface area contributed by atoms with Crippen LogP contribution in [0.2, 0.25) is 0 Å². The Morgan fingerprint density at radius 3 is 2.76 bits per heavy atom. The van der Waals surface area contributed by atoms with Gasteiger partial charge in [0.05, 0.1) is 18.1 Å². The molecule has 0 radical (unpaired) electrons. The molecule has 1 saturated carbocycles. The molecule has 1 atom stereocenters. The summed E-state index contributed by atoms with van der Waals surface area (Å²) in [5.74, 6) is 0.805. The van der Waals surface area contributed by atoms with Gasteiger partial charge in [0.2, 0.25) is 0 Å². The van der Waals surface area contributed by atoms with Gasteiger partial charge in [-0.05, 0) is 49.7 Å². The molecule has 2 rings (SSSR count). The summed E-state index contributed by atoms with van der Waals surface area (Å²) in [4.78, 5) is 0. The number of nitrogens with two attached hydrogens (primary N) is 1. The number of ether oxygens (including phenoxy) is 1. The summed E-state index contributed by atoms with van der Waals surface area (Å²) in [6.45, 7) is 2.31. The Labute approximate surface area is 103 Å². The summed E-state index contributed by atoms with van der Waals surface area (Å²) in [7, 11) is 1.80. The van der Waals surface area contributed by atoms with E-state index in [4.69, 9.17) is 14.9 Å². The molecule has 1 aliphatic carbocycles. The minimum Gasteiger partial charge on any atom is -0.472 e. The monoisotopic (exact) mass is 237 g/mol. The van der Waals surface area contributed by atoms with E-state index in [2.05, 4.69) is 6.92 Å². The Balaban J connectivity index is 2.02. The Morgan fingerprint density at radius 2 is 2.24 bits per heavy atom. The van der Waals surface area contributed by atoms with E-state index in [1.165, 1.54) is 12.8 Å². The van der Waals surface area contributed by atoms with Crippen LogP contribution in [0.1, 0.15) is 38.2 Å². The van der Waals surface area contributed by atoms with E-state index in [0.717, 1.165) is 30.7 Å². The van der Waals surface area contributed by atoms with Crippen molar-refractivity contribution in [2.75, 3.05) is 7.11 Å². The van der Waals surface area contributed by atoms with Crippen LogP contribution in [0.5, 0.6) is 0 Å². The summed E-state index contributed by atoms with van der Waals surface area (Å²) in [5.41, 5.74) is 7.39. The van der Waals surface area contributed by atoms with Gasteiger partial charge in [0.25, 0.3) is 0 Å². The zero-order valence-electron chi connectivity index (χ0n) is 10.8. The normalized spacial score (nSPS) is 31.4. The fourth-order valence-electron chi connectivity index (χ4n) is 2.83. The Morgan fingerprint density at radius 1 is 1.53 bits per heavy atom. The minimum absolute atomic E-state index is 0.0533. The fourth-order valence-corrected chi connectivity index (χ4v) is 2.83. The van der Waals surface area contributed by atoms with Gasteiger partial charge in [-0.2, -0.15) is 0 Å². The maximum Gasteiger partial charge on any atom is 0.0935 e. The number of furan rings is 1. The second-order valence-corrected chi connectivity index (χ2v) is 5.39. The maximum absolute atomic E-state index is 6.36. The quantitative estimate of drug-likeness (QED) is 0.876. The van der Waals surface area contributed by atoms with Gasteiger partial charge in [0, 0.05) is 13.2 Å². The van der Waals surface area contributed by atoms with Gasteiger partial charge >= 0.3 is 0 Å². The molecule has 17 heavy (non-hydrogen) atoms. The van der Waals surface area contributed by atoms with Crippen LogP contribution in [0, 0.1) is 5.92 Å². The van der Waals surface area contributed by atoms with E-state index in [-0.39, 0.29) is 11.6 Å². The minimum atomic E-state index is -0.135. The van der Waals surface area contributed by atoms with Crippen molar-refractivity contribution in [1.29, 1.82) is 0 Å². The zero-order valence-corrected chi connectivity index (χ0v) is 10.8. The molecular weight excluding hydrogens is 214 g/mol. The first-order valence-electron chi connectivity index (χ1n) is 6.48. The second kappa shape index (κ2) is 5.23. The van der Waals surface area contributed by atoms with Crippen molar-refractivity contribution in [2.24, 2.45) is 11.7 Å². The molecule has 3 heteroatoms. The maximum atomic E-state index is 6.36. The van der Waals surface area contributed by atoms with Crippen LogP contribution in [0.3, 0.4) is 0 Å². The Hall–Kier alpha value is -0.800. The molecule has 1 aromatic heterocycles. The first-order chi connectivity index (χ1) is 8.16. The highest BCUT2D eigenvalue weighted by molar-refractivity contribution is 5.10. The smallest absolute Gasteiger partial charge is 0.0935 e. The van der Waals surface area contributed by atoms with Crippen molar-refractivity contribution in [3.63, 3.8) is 0 Å². The lowest BCUT2D eigenvalue weighted by Gasteiger charge is -2.42. The molecule has 0 spiro atoms. The average Bonchev–Trinajstić information content (AvgIpc) is 2.83. The molecule has 1 aromatic rings. The molecule has 2 N–H and O–H groups in total. The molecule has 1 aliphatic rings. The van der Waals surface area contributed by atoms with Crippen LogP contribution in [0.4, 0.5) is 0 Å². The predicted octanol–water partition coefficient (Wildman–Crippen LogP) is 2.74. The molecular formula is C14H23NO2. The van der Waals surface area contributed by atoms with Crippen LogP contribution in [0.25, 0.3) is 0 Å². The van der Waals surface area contributed by atoms with E-state index in [9.17, 15) is 0 Å². The van der Waals surface area contributed by atoms with Crippen molar-refractivity contribution in [3.8, 4) is 0 Å². The second-order valence-electron chi connectivity index (χ2n) is 5.39. The third-order valence-corrected chi connectivity index (χ3v) is 4.24. The first-order valence-corrected chi connectivity index (χ1v) is 6.48. The van der Waals surface area contributed by atoms with Crippen LogP contribution in [-0.4, -0.2) is 18.8 Å². The van der Waals surface area contributed by atoms with Gasteiger partial charge in [0.15, 0.2) is 0 Å².